The molecular formula is C29H29N3O5S. The summed E-state index contributed by atoms with van der Waals surface area (Å²) in [6, 6.07) is 28.3. The Bertz CT molecular complexity index is 1530. The normalized spacial score (nSPS) is 11.4. The number of hydrazone groups is 1. The van der Waals surface area contributed by atoms with Crippen molar-refractivity contribution in [1.29, 1.82) is 0 Å². The van der Waals surface area contributed by atoms with E-state index in [-0.39, 0.29) is 5.69 Å². The third-order valence-electron chi connectivity index (χ3n) is 5.68. The highest BCUT2D eigenvalue weighted by Gasteiger charge is 2.23. The van der Waals surface area contributed by atoms with Gasteiger partial charge in [0.15, 0.2) is 0 Å². The number of carbonyl (C=O) groups excluding carboxylic acids is 1. The van der Waals surface area contributed by atoms with E-state index in [1.54, 1.807) is 31.2 Å². The van der Waals surface area contributed by atoms with Gasteiger partial charge in [-0.3, -0.25) is 9.10 Å². The fraction of sp³-hybridized carbons (Fsp3) is 0.172. The third-order valence-corrected chi connectivity index (χ3v) is 6.81. The number of rotatable bonds is 11. The van der Waals surface area contributed by atoms with Gasteiger partial charge in [0.2, 0.25) is 10.0 Å². The van der Waals surface area contributed by atoms with Gasteiger partial charge in [0.25, 0.3) is 5.91 Å². The quantitative estimate of drug-likeness (QED) is 0.223. The molecule has 4 aromatic carbocycles. The van der Waals surface area contributed by atoms with E-state index in [0.29, 0.717) is 24.7 Å². The van der Waals surface area contributed by atoms with Gasteiger partial charge in [0, 0.05) is 0 Å². The maximum atomic E-state index is 12.5. The van der Waals surface area contributed by atoms with Crippen molar-refractivity contribution in [2.45, 2.75) is 13.5 Å². The van der Waals surface area contributed by atoms with E-state index in [2.05, 4.69) is 28.7 Å². The number of hydrogen-bond donors (Lipinski definition) is 1. The molecule has 0 aliphatic rings. The smallest absolute Gasteiger partial charge is 0.260 e. The summed E-state index contributed by atoms with van der Waals surface area (Å²) in [5.41, 5.74) is 4.51. The topological polar surface area (TPSA) is 97.3 Å². The summed E-state index contributed by atoms with van der Waals surface area (Å²) in [6.45, 7) is 2.15. The molecule has 0 aromatic heterocycles. The van der Waals surface area contributed by atoms with E-state index in [1.807, 2.05) is 48.5 Å². The molecule has 1 amide bonds. The van der Waals surface area contributed by atoms with Crippen molar-refractivity contribution >= 4 is 38.6 Å². The highest BCUT2D eigenvalue weighted by Crippen LogP contribution is 2.29. The number of amides is 1. The molecule has 38 heavy (non-hydrogen) atoms. The summed E-state index contributed by atoms with van der Waals surface area (Å²) in [5, 5.41) is 6.29. The van der Waals surface area contributed by atoms with Crippen molar-refractivity contribution in [3.8, 4) is 11.5 Å². The van der Waals surface area contributed by atoms with Crippen LogP contribution in [-0.4, -0.2) is 39.9 Å². The van der Waals surface area contributed by atoms with Gasteiger partial charge in [0.1, 0.15) is 24.7 Å². The fourth-order valence-corrected chi connectivity index (χ4v) is 4.76. The van der Waals surface area contributed by atoms with Gasteiger partial charge >= 0.3 is 0 Å². The molecule has 0 heterocycles. The number of ether oxygens (including phenoxy) is 2. The monoisotopic (exact) mass is 531 g/mol. The second-order valence-electron chi connectivity index (χ2n) is 8.46. The summed E-state index contributed by atoms with van der Waals surface area (Å²) >= 11 is 0. The summed E-state index contributed by atoms with van der Waals surface area (Å²) in [5.74, 6) is 0.489. The van der Waals surface area contributed by atoms with Crippen LogP contribution in [0, 0.1) is 0 Å². The highest BCUT2D eigenvalue weighted by atomic mass is 32.2. The van der Waals surface area contributed by atoms with Gasteiger partial charge in [-0.2, -0.15) is 5.10 Å². The Morgan fingerprint density at radius 3 is 2.39 bits per heavy atom. The first-order valence-corrected chi connectivity index (χ1v) is 13.9. The number of fused-ring (bicyclic) bond motifs is 1. The van der Waals surface area contributed by atoms with Gasteiger partial charge in [0.05, 0.1) is 24.8 Å². The lowest BCUT2D eigenvalue weighted by molar-refractivity contribution is -0.119. The van der Waals surface area contributed by atoms with Crippen molar-refractivity contribution in [2.24, 2.45) is 5.10 Å². The van der Waals surface area contributed by atoms with Crippen molar-refractivity contribution in [2.75, 3.05) is 23.7 Å². The van der Waals surface area contributed by atoms with E-state index < -0.39 is 22.5 Å². The molecule has 9 heteroatoms. The number of nitrogens with zero attached hydrogens (tertiary/aromatic N) is 2. The summed E-state index contributed by atoms with van der Waals surface area (Å²) in [4.78, 5) is 12.5. The molecule has 0 atom stereocenters. The number of benzene rings is 4. The maximum Gasteiger partial charge on any atom is 0.260 e. The van der Waals surface area contributed by atoms with Crippen molar-refractivity contribution in [3.05, 3.63) is 102 Å². The van der Waals surface area contributed by atoms with Crippen LogP contribution in [0.25, 0.3) is 10.8 Å². The minimum absolute atomic E-state index is 0.287. The van der Waals surface area contributed by atoms with E-state index >= 15 is 0 Å². The Labute approximate surface area is 222 Å². The number of anilines is 1. The zero-order valence-electron chi connectivity index (χ0n) is 21.2. The summed E-state index contributed by atoms with van der Waals surface area (Å²) in [6.07, 6.45) is 2.52. The molecule has 8 nitrogen and oxygen atoms in total. The Morgan fingerprint density at radius 2 is 1.63 bits per heavy atom. The summed E-state index contributed by atoms with van der Waals surface area (Å²) in [7, 11) is -3.75. The molecule has 0 spiro atoms. The number of sulfonamides is 1. The molecule has 4 rings (SSSR count). The van der Waals surface area contributed by atoms with Gasteiger partial charge in [-0.05, 0) is 65.2 Å². The van der Waals surface area contributed by atoms with Crippen molar-refractivity contribution in [3.63, 3.8) is 0 Å². The highest BCUT2D eigenvalue weighted by molar-refractivity contribution is 7.92. The average Bonchev–Trinajstić information content (AvgIpc) is 2.91. The first-order valence-electron chi connectivity index (χ1n) is 12.1. The number of nitrogens with one attached hydrogen (secondary N) is 1. The lowest BCUT2D eigenvalue weighted by atomic mass is 10.1. The SMILES string of the molecule is CCOc1ccccc1N(CC(=O)N/N=C\c1ccc(OCc2cccc3ccccc23)cc1)S(C)(=O)=O. The molecule has 196 valence electrons. The van der Waals surface area contributed by atoms with E-state index in [9.17, 15) is 13.2 Å². The van der Waals surface area contributed by atoms with Crippen molar-refractivity contribution in [1.82, 2.24) is 5.43 Å². The van der Waals surface area contributed by atoms with E-state index in [4.69, 9.17) is 9.47 Å². The van der Waals surface area contributed by atoms with Gasteiger partial charge in [-0.25, -0.2) is 13.8 Å². The molecule has 0 radical (unpaired) electrons. The molecule has 0 aliphatic heterocycles. The third kappa shape index (κ3) is 6.89. The molecule has 1 N–H and O–H groups in total. The van der Waals surface area contributed by atoms with Crippen LogP contribution in [0.2, 0.25) is 0 Å². The van der Waals surface area contributed by atoms with Gasteiger partial charge in [-0.15, -0.1) is 0 Å². The molecule has 0 bridgehead atoms. The number of carbonyl (C=O) groups is 1. The Hall–Kier alpha value is -4.37. The molecule has 0 saturated heterocycles. The molecule has 0 fully saturated rings. The second kappa shape index (κ2) is 12.2. The number of hydrogen-bond acceptors (Lipinski definition) is 6. The molecule has 0 unspecified atom stereocenters. The maximum absolute atomic E-state index is 12.5. The van der Waals surface area contributed by atoms with Crippen LogP contribution < -0.4 is 19.2 Å². The van der Waals surface area contributed by atoms with Gasteiger partial charge < -0.3 is 9.47 Å². The van der Waals surface area contributed by atoms with E-state index in [1.165, 1.54) is 11.6 Å². The largest absolute Gasteiger partial charge is 0.492 e. The van der Waals surface area contributed by atoms with Crippen LogP contribution in [0.3, 0.4) is 0 Å². The van der Waals surface area contributed by atoms with E-state index in [0.717, 1.165) is 27.1 Å². The standard InChI is InChI=1S/C29H29N3O5S/c1-3-36-28-14-7-6-13-27(28)32(38(2,34)35)20-29(33)31-30-19-22-15-17-25(18-16-22)37-21-24-11-8-10-23-9-4-5-12-26(23)24/h4-19H,3,20-21H2,1-2H3,(H,31,33)/b30-19-. The zero-order valence-corrected chi connectivity index (χ0v) is 22.0. The Balaban J connectivity index is 1.35. The lowest BCUT2D eigenvalue weighted by Gasteiger charge is -2.23. The minimum Gasteiger partial charge on any atom is -0.492 e. The minimum atomic E-state index is -3.75. The number of para-hydroxylation sites is 2. The first kappa shape index (κ1) is 26.7. The molecule has 0 aliphatic carbocycles. The van der Waals surface area contributed by atoms with Crippen molar-refractivity contribution < 1.29 is 22.7 Å². The zero-order chi connectivity index (χ0) is 27.0. The molecule has 4 aromatic rings. The van der Waals surface area contributed by atoms with Crippen LogP contribution in [0.15, 0.2) is 96.1 Å². The lowest BCUT2D eigenvalue weighted by Crippen LogP contribution is -2.39. The predicted molar refractivity (Wildman–Crippen MR) is 150 cm³/mol. The van der Waals surface area contributed by atoms with Crippen LogP contribution in [0.4, 0.5) is 5.69 Å². The van der Waals surface area contributed by atoms with Gasteiger partial charge in [-0.1, -0.05) is 54.6 Å². The predicted octanol–water partition coefficient (Wildman–Crippen LogP) is 4.73. The fourth-order valence-electron chi connectivity index (χ4n) is 3.90. The van der Waals surface area contributed by atoms with Crippen LogP contribution in [0.1, 0.15) is 18.1 Å². The second-order valence-corrected chi connectivity index (χ2v) is 10.4. The Morgan fingerprint density at radius 1 is 0.921 bits per heavy atom. The average molecular weight is 532 g/mol. The Kier molecular flexibility index (Phi) is 8.60. The first-order chi connectivity index (χ1) is 18.3. The molecule has 0 saturated carbocycles. The van der Waals surface area contributed by atoms with Crippen LogP contribution in [0.5, 0.6) is 11.5 Å². The van der Waals surface area contributed by atoms with Crippen LogP contribution >= 0.6 is 0 Å². The molecular weight excluding hydrogens is 502 g/mol. The van der Waals surface area contributed by atoms with Crippen LogP contribution in [-0.2, 0) is 21.4 Å². The summed E-state index contributed by atoms with van der Waals surface area (Å²) < 4.78 is 37.3.